The van der Waals surface area contributed by atoms with E-state index in [1.165, 1.54) is 25.0 Å². The molecule has 2 aliphatic rings. The Hall–Kier alpha value is -1.35. The van der Waals surface area contributed by atoms with Gasteiger partial charge in [-0.05, 0) is 30.5 Å². The Kier molecular flexibility index (Phi) is 8.59. The van der Waals surface area contributed by atoms with E-state index in [9.17, 15) is 13.2 Å². The summed E-state index contributed by atoms with van der Waals surface area (Å²) in [6.45, 7) is 1.50. The Morgan fingerprint density at radius 2 is 1.76 bits per heavy atom. The minimum Gasteiger partial charge on any atom is -0.432 e. The van der Waals surface area contributed by atoms with Crippen molar-refractivity contribution in [1.29, 1.82) is 0 Å². The first-order chi connectivity index (χ1) is 14.0. The number of alkyl halides is 2. The van der Waals surface area contributed by atoms with Crippen molar-refractivity contribution < 1.29 is 36.9 Å². The highest BCUT2D eigenvalue weighted by Crippen LogP contribution is 2.26. The highest BCUT2D eigenvalue weighted by atomic mass is 19.3. The SMILES string of the molecule is CCCCC1COC(C2COC(CCc3ccc(OC(F)F)c(F)c3)OC2)OC1. The molecule has 0 saturated carbocycles. The van der Waals surface area contributed by atoms with Crippen LogP contribution in [-0.4, -0.2) is 45.6 Å². The van der Waals surface area contributed by atoms with Crippen LogP contribution in [-0.2, 0) is 25.4 Å². The topological polar surface area (TPSA) is 46.2 Å². The molecular formula is C21H29F3O5. The van der Waals surface area contributed by atoms with Crippen molar-refractivity contribution >= 4 is 0 Å². The molecule has 0 aromatic heterocycles. The maximum Gasteiger partial charge on any atom is 0.387 e. The van der Waals surface area contributed by atoms with E-state index in [0.29, 0.717) is 50.8 Å². The standard InChI is InChI=1S/C21H29F3O5/c1-2-3-4-15-10-27-20(28-11-15)16-12-25-19(26-13-16)8-6-14-5-7-18(17(22)9-14)29-21(23)24/h5,7,9,15-16,19-21H,2-4,6,8,10-13H2,1H3. The number of hydrogen-bond acceptors (Lipinski definition) is 5. The monoisotopic (exact) mass is 418 g/mol. The van der Waals surface area contributed by atoms with Crippen molar-refractivity contribution in [3.63, 3.8) is 0 Å². The predicted molar refractivity (Wildman–Crippen MR) is 99.2 cm³/mol. The molecule has 0 radical (unpaired) electrons. The molecule has 2 fully saturated rings. The third kappa shape index (κ3) is 6.84. The molecule has 29 heavy (non-hydrogen) atoms. The Balaban J connectivity index is 1.37. The number of unbranched alkanes of at least 4 members (excludes halogenated alkanes) is 1. The molecule has 0 amide bonds. The van der Waals surface area contributed by atoms with Crippen LogP contribution < -0.4 is 4.74 Å². The van der Waals surface area contributed by atoms with Crippen molar-refractivity contribution in [1.82, 2.24) is 0 Å². The molecule has 1 aromatic carbocycles. The highest BCUT2D eigenvalue weighted by molar-refractivity contribution is 5.29. The van der Waals surface area contributed by atoms with Gasteiger partial charge in [0.25, 0.3) is 0 Å². The lowest BCUT2D eigenvalue weighted by atomic mass is 10.0. The van der Waals surface area contributed by atoms with Crippen LogP contribution in [0.25, 0.3) is 0 Å². The number of benzene rings is 1. The number of rotatable bonds is 9. The van der Waals surface area contributed by atoms with Crippen molar-refractivity contribution in [2.45, 2.75) is 58.2 Å². The molecule has 164 valence electrons. The molecule has 0 N–H and O–H groups in total. The van der Waals surface area contributed by atoms with Crippen LogP contribution in [0.5, 0.6) is 5.75 Å². The van der Waals surface area contributed by atoms with E-state index in [2.05, 4.69) is 11.7 Å². The number of aryl methyl sites for hydroxylation is 1. The zero-order valence-corrected chi connectivity index (χ0v) is 16.7. The normalized spacial score (nSPS) is 27.9. The second-order valence-electron chi connectivity index (χ2n) is 7.58. The molecule has 0 aliphatic carbocycles. The lowest BCUT2D eigenvalue weighted by molar-refractivity contribution is -0.281. The van der Waals surface area contributed by atoms with Crippen molar-refractivity contribution in [2.24, 2.45) is 11.8 Å². The molecule has 0 atom stereocenters. The fourth-order valence-electron chi connectivity index (χ4n) is 3.55. The molecule has 2 saturated heterocycles. The fourth-order valence-corrected chi connectivity index (χ4v) is 3.55. The quantitative estimate of drug-likeness (QED) is 0.590. The number of ether oxygens (including phenoxy) is 5. The molecule has 3 rings (SSSR count). The Labute approximate surface area is 169 Å². The molecular weight excluding hydrogens is 389 g/mol. The Morgan fingerprint density at radius 3 is 2.38 bits per heavy atom. The van der Waals surface area contributed by atoms with Crippen LogP contribution >= 0.6 is 0 Å². The van der Waals surface area contributed by atoms with Gasteiger partial charge in [0.1, 0.15) is 0 Å². The summed E-state index contributed by atoms with van der Waals surface area (Å²) in [4.78, 5) is 0. The van der Waals surface area contributed by atoms with E-state index < -0.39 is 24.5 Å². The molecule has 5 nitrogen and oxygen atoms in total. The summed E-state index contributed by atoms with van der Waals surface area (Å²) in [5.41, 5.74) is 0.663. The van der Waals surface area contributed by atoms with Crippen LogP contribution in [0.15, 0.2) is 18.2 Å². The van der Waals surface area contributed by atoms with E-state index >= 15 is 0 Å². The first-order valence-corrected chi connectivity index (χ1v) is 10.2. The van der Waals surface area contributed by atoms with Gasteiger partial charge in [-0.15, -0.1) is 0 Å². The smallest absolute Gasteiger partial charge is 0.387 e. The molecule has 2 heterocycles. The summed E-state index contributed by atoms with van der Waals surface area (Å²) in [6, 6.07) is 3.97. The molecule has 0 unspecified atom stereocenters. The summed E-state index contributed by atoms with van der Waals surface area (Å²) in [6.07, 6.45) is 3.82. The first kappa shape index (κ1) is 22.3. The Bertz CT molecular complexity index is 614. The van der Waals surface area contributed by atoms with Gasteiger partial charge in [-0.1, -0.05) is 25.8 Å². The third-order valence-corrected chi connectivity index (χ3v) is 5.22. The van der Waals surface area contributed by atoms with Gasteiger partial charge in [0, 0.05) is 12.3 Å². The molecule has 8 heteroatoms. The third-order valence-electron chi connectivity index (χ3n) is 5.22. The second kappa shape index (κ2) is 11.2. The van der Waals surface area contributed by atoms with Crippen LogP contribution in [0.4, 0.5) is 13.2 Å². The van der Waals surface area contributed by atoms with Crippen LogP contribution in [0.1, 0.15) is 38.2 Å². The zero-order valence-electron chi connectivity index (χ0n) is 16.7. The van der Waals surface area contributed by atoms with Gasteiger partial charge in [-0.25, -0.2) is 4.39 Å². The van der Waals surface area contributed by atoms with E-state index in [-0.39, 0.29) is 12.2 Å². The van der Waals surface area contributed by atoms with Gasteiger partial charge in [0.15, 0.2) is 24.1 Å². The minimum absolute atomic E-state index is 0.0293. The predicted octanol–water partition coefficient (Wildman–Crippen LogP) is 4.53. The summed E-state index contributed by atoms with van der Waals surface area (Å²) in [5.74, 6) is -0.776. The van der Waals surface area contributed by atoms with Crippen LogP contribution in [0, 0.1) is 17.7 Å². The largest absolute Gasteiger partial charge is 0.432 e. The van der Waals surface area contributed by atoms with E-state index in [1.54, 1.807) is 6.07 Å². The van der Waals surface area contributed by atoms with Gasteiger partial charge in [0.05, 0.1) is 32.3 Å². The van der Waals surface area contributed by atoms with Crippen molar-refractivity contribution in [2.75, 3.05) is 26.4 Å². The van der Waals surface area contributed by atoms with Gasteiger partial charge >= 0.3 is 6.61 Å². The van der Waals surface area contributed by atoms with E-state index in [4.69, 9.17) is 18.9 Å². The maximum absolute atomic E-state index is 13.8. The summed E-state index contributed by atoms with van der Waals surface area (Å²) in [5, 5.41) is 0. The van der Waals surface area contributed by atoms with Gasteiger partial charge in [-0.2, -0.15) is 8.78 Å². The second-order valence-corrected chi connectivity index (χ2v) is 7.58. The minimum atomic E-state index is -3.05. The van der Waals surface area contributed by atoms with Gasteiger partial charge in [0.2, 0.25) is 0 Å². The van der Waals surface area contributed by atoms with Crippen LogP contribution in [0.3, 0.4) is 0 Å². The summed E-state index contributed by atoms with van der Waals surface area (Å²) >= 11 is 0. The lowest BCUT2D eigenvalue weighted by Gasteiger charge is -2.37. The van der Waals surface area contributed by atoms with E-state index in [0.717, 1.165) is 6.42 Å². The number of halogens is 3. The molecule has 0 bridgehead atoms. The summed E-state index contributed by atoms with van der Waals surface area (Å²) < 4.78 is 65.5. The average Bonchev–Trinajstić information content (AvgIpc) is 2.73. The zero-order chi connectivity index (χ0) is 20.6. The van der Waals surface area contributed by atoms with Crippen LogP contribution in [0.2, 0.25) is 0 Å². The molecule has 1 aromatic rings. The van der Waals surface area contributed by atoms with E-state index in [1.807, 2.05) is 0 Å². The average molecular weight is 418 g/mol. The lowest BCUT2D eigenvalue weighted by Crippen LogP contribution is -2.44. The first-order valence-electron chi connectivity index (χ1n) is 10.2. The maximum atomic E-state index is 13.8. The highest BCUT2D eigenvalue weighted by Gasteiger charge is 2.33. The summed E-state index contributed by atoms with van der Waals surface area (Å²) in [7, 11) is 0. The molecule has 0 spiro atoms. The Morgan fingerprint density at radius 1 is 1.03 bits per heavy atom. The fraction of sp³-hybridized carbons (Fsp3) is 0.714. The van der Waals surface area contributed by atoms with Crippen molar-refractivity contribution in [3.05, 3.63) is 29.6 Å². The molecule has 2 aliphatic heterocycles. The van der Waals surface area contributed by atoms with Gasteiger partial charge < -0.3 is 23.7 Å². The van der Waals surface area contributed by atoms with Gasteiger partial charge in [-0.3, -0.25) is 0 Å². The number of hydrogen-bond donors (Lipinski definition) is 0. The van der Waals surface area contributed by atoms with Crippen molar-refractivity contribution in [3.8, 4) is 5.75 Å².